The second kappa shape index (κ2) is 4.43. The average Bonchev–Trinajstić information content (AvgIpc) is 2.72. The van der Waals surface area contributed by atoms with Crippen LogP contribution in [0.3, 0.4) is 0 Å². The molecule has 0 radical (unpaired) electrons. The van der Waals surface area contributed by atoms with Gasteiger partial charge in [0.15, 0.2) is 0 Å². The molecule has 0 aliphatic rings. The first-order valence-electron chi connectivity index (χ1n) is 4.81. The third kappa shape index (κ3) is 2.17. The number of nitrogens with zero attached hydrogens (tertiary/aromatic N) is 1. The molecule has 76 valence electrons. The molecule has 2 aromatic heterocycles. The largest absolute Gasteiger partial charge is 0.300 e. The molecule has 0 fully saturated rings. The fourth-order valence-electron chi connectivity index (χ4n) is 1.43. The Morgan fingerprint density at radius 1 is 1.67 bits per heavy atom. The number of fused-ring (bicyclic) bond motifs is 1. The normalized spacial score (nSPS) is 12.5. The number of terminal acetylenes is 1. The molecule has 15 heavy (non-hydrogen) atoms. The van der Waals surface area contributed by atoms with Crippen LogP contribution in [-0.2, 0) is 0 Å². The summed E-state index contributed by atoms with van der Waals surface area (Å²) in [4.78, 5) is 4.39. The van der Waals surface area contributed by atoms with E-state index in [4.69, 9.17) is 6.42 Å². The van der Waals surface area contributed by atoms with Crippen LogP contribution in [0, 0.1) is 12.3 Å². The van der Waals surface area contributed by atoms with Crippen molar-refractivity contribution < 1.29 is 0 Å². The predicted octanol–water partition coefficient (Wildman–Crippen LogP) is 2.58. The number of hydrogen-bond acceptors (Lipinski definition) is 3. The molecule has 0 amide bonds. The standard InChI is InChI=1S/C12H12N2S/c1-3-5-13-9(2)10-7-12-11(14-8-10)4-6-15-12/h1,4,6-9,13H,5H2,2H3. The second-order valence-electron chi connectivity index (χ2n) is 3.38. The summed E-state index contributed by atoms with van der Waals surface area (Å²) < 4.78 is 1.22. The SMILES string of the molecule is C#CCNC(C)c1cnc2ccsc2c1. The lowest BCUT2D eigenvalue weighted by molar-refractivity contribution is 0.622. The van der Waals surface area contributed by atoms with Gasteiger partial charge >= 0.3 is 0 Å². The van der Waals surface area contributed by atoms with Crippen molar-refractivity contribution in [2.75, 3.05) is 6.54 Å². The van der Waals surface area contributed by atoms with Crippen molar-refractivity contribution in [2.24, 2.45) is 0 Å². The predicted molar refractivity (Wildman–Crippen MR) is 64.9 cm³/mol. The van der Waals surface area contributed by atoms with Crippen LogP contribution in [0.1, 0.15) is 18.5 Å². The Labute approximate surface area is 93.3 Å². The molecule has 2 heterocycles. The first-order valence-corrected chi connectivity index (χ1v) is 5.69. The van der Waals surface area contributed by atoms with E-state index in [0.717, 1.165) is 5.52 Å². The summed E-state index contributed by atoms with van der Waals surface area (Å²) in [6.45, 7) is 2.68. The molecule has 0 saturated heterocycles. The van der Waals surface area contributed by atoms with Crippen molar-refractivity contribution in [2.45, 2.75) is 13.0 Å². The maximum atomic E-state index is 5.20. The van der Waals surface area contributed by atoms with Crippen LogP contribution in [-0.4, -0.2) is 11.5 Å². The summed E-state index contributed by atoms with van der Waals surface area (Å²) in [5.74, 6) is 2.57. The lowest BCUT2D eigenvalue weighted by Crippen LogP contribution is -2.18. The smallest absolute Gasteiger partial charge is 0.0809 e. The third-order valence-corrected chi connectivity index (χ3v) is 3.19. The van der Waals surface area contributed by atoms with Crippen molar-refractivity contribution in [3.05, 3.63) is 29.3 Å². The number of hydrogen-bond donors (Lipinski definition) is 1. The van der Waals surface area contributed by atoms with Crippen LogP contribution >= 0.6 is 11.3 Å². The van der Waals surface area contributed by atoms with Crippen molar-refractivity contribution in [3.8, 4) is 12.3 Å². The summed E-state index contributed by atoms with van der Waals surface area (Å²) in [5, 5.41) is 5.29. The van der Waals surface area contributed by atoms with E-state index in [1.807, 2.05) is 12.3 Å². The van der Waals surface area contributed by atoms with Gasteiger partial charge in [-0.25, -0.2) is 0 Å². The van der Waals surface area contributed by atoms with Gasteiger partial charge in [-0.1, -0.05) is 5.92 Å². The molecule has 0 aliphatic carbocycles. The number of nitrogens with one attached hydrogen (secondary N) is 1. The molecule has 0 bridgehead atoms. The van der Waals surface area contributed by atoms with Gasteiger partial charge in [0.2, 0.25) is 0 Å². The second-order valence-corrected chi connectivity index (χ2v) is 4.33. The van der Waals surface area contributed by atoms with Gasteiger partial charge in [-0.2, -0.15) is 0 Å². The number of pyridine rings is 1. The van der Waals surface area contributed by atoms with Crippen LogP contribution in [0.15, 0.2) is 23.7 Å². The van der Waals surface area contributed by atoms with E-state index >= 15 is 0 Å². The van der Waals surface area contributed by atoms with Gasteiger partial charge in [0.1, 0.15) is 0 Å². The van der Waals surface area contributed by atoms with Crippen molar-refractivity contribution >= 4 is 21.6 Å². The topological polar surface area (TPSA) is 24.9 Å². The first kappa shape index (κ1) is 10.2. The summed E-state index contributed by atoms with van der Waals surface area (Å²) in [5.41, 5.74) is 2.24. The number of rotatable bonds is 3. The molecule has 2 nitrogen and oxygen atoms in total. The summed E-state index contributed by atoms with van der Waals surface area (Å²) >= 11 is 1.71. The minimum atomic E-state index is 0.250. The molecule has 0 spiro atoms. The first-order chi connectivity index (χ1) is 7.31. The molecule has 2 aromatic rings. The molecule has 1 atom stereocenters. The van der Waals surface area contributed by atoms with Crippen LogP contribution in [0.25, 0.3) is 10.2 Å². The van der Waals surface area contributed by atoms with E-state index in [1.54, 1.807) is 11.3 Å². The Bertz CT molecular complexity index is 496. The van der Waals surface area contributed by atoms with Gasteiger partial charge < -0.3 is 0 Å². The molecule has 2 rings (SSSR count). The Morgan fingerprint density at radius 2 is 2.53 bits per heavy atom. The van der Waals surface area contributed by atoms with Crippen molar-refractivity contribution in [1.29, 1.82) is 0 Å². The Hall–Kier alpha value is -1.37. The Balaban J connectivity index is 2.24. The van der Waals surface area contributed by atoms with Gasteiger partial charge in [-0.15, -0.1) is 17.8 Å². The van der Waals surface area contributed by atoms with Crippen LogP contribution in [0.4, 0.5) is 0 Å². The van der Waals surface area contributed by atoms with Crippen LogP contribution in [0.5, 0.6) is 0 Å². The highest BCUT2D eigenvalue weighted by Crippen LogP contribution is 2.22. The van der Waals surface area contributed by atoms with E-state index < -0.39 is 0 Å². The highest BCUT2D eigenvalue weighted by Gasteiger charge is 2.05. The molecule has 1 N–H and O–H groups in total. The van der Waals surface area contributed by atoms with Gasteiger partial charge in [0.25, 0.3) is 0 Å². The molecule has 3 heteroatoms. The fraction of sp³-hybridized carbons (Fsp3) is 0.250. The number of aromatic nitrogens is 1. The van der Waals surface area contributed by atoms with Crippen molar-refractivity contribution in [3.63, 3.8) is 0 Å². The highest BCUT2D eigenvalue weighted by atomic mass is 32.1. The van der Waals surface area contributed by atoms with Gasteiger partial charge in [0, 0.05) is 12.2 Å². The Kier molecular flexibility index (Phi) is 3.00. The maximum Gasteiger partial charge on any atom is 0.0809 e. The summed E-state index contributed by atoms with van der Waals surface area (Å²) in [6, 6.07) is 4.45. The minimum Gasteiger partial charge on any atom is -0.300 e. The van der Waals surface area contributed by atoms with Gasteiger partial charge in [-0.3, -0.25) is 10.3 Å². The maximum absolute atomic E-state index is 5.20. The number of thiophene rings is 1. The summed E-state index contributed by atoms with van der Waals surface area (Å²) in [6.07, 6.45) is 7.11. The monoisotopic (exact) mass is 216 g/mol. The van der Waals surface area contributed by atoms with Crippen LogP contribution < -0.4 is 5.32 Å². The minimum absolute atomic E-state index is 0.250. The zero-order chi connectivity index (χ0) is 10.7. The lowest BCUT2D eigenvalue weighted by Gasteiger charge is -2.11. The molecular formula is C12H12N2S. The summed E-state index contributed by atoms with van der Waals surface area (Å²) in [7, 11) is 0. The molecular weight excluding hydrogens is 204 g/mol. The quantitative estimate of drug-likeness (QED) is 0.798. The Morgan fingerprint density at radius 3 is 3.33 bits per heavy atom. The lowest BCUT2D eigenvalue weighted by atomic mass is 10.1. The van der Waals surface area contributed by atoms with Gasteiger partial charge in [-0.05, 0) is 30.0 Å². The highest BCUT2D eigenvalue weighted by molar-refractivity contribution is 7.17. The zero-order valence-electron chi connectivity index (χ0n) is 8.53. The molecule has 1 unspecified atom stereocenters. The zero-order valence-corrected chi connectivity index (χ0v) is 9.34. The van der Waals surface area contributed by atoms with E-state index in [0.29, 0.717) is 6.54 Å². The molecule has 0 aromatic carbocycles. The van der Waals surface area contributed by atoms with Gasteiger partial charge in [0.05, 0.1) is 16.8 Å². The van der Waals surface area contributed by atoms with Crippen LogP contribution in [0.2, 0.25) is 0 Å². The fourth-order valence-corrected chi connectivity index (χ4v) is 2.22. The van der Waals surface area contributed by atoms with E-state index in [2.05, 4.69) is 34.6 Å². The molecule has 0 saturated carbocycles. The van der Waals surface area contributed by atoms with E-state index in [1.165, 1.54) is 10.3 Å². The average molecular weight is 216 g/mol. The molecule has 0 aliphatic heterocycles. The van der Waals surface area contributed by atoms with E-state index in [9.17, 15) is 0 Å². The van der Waals surface area contributed by atoms with Crippen molar-refractivity contribution in [1.82, 2.24) is 10.3 Å². The van der Waals surface area contributed by atoms with E-state index in [-0.39, 0.29) is 6.04 Å². The third-order valence-electron chi connectivity index (χ3n) is 2.33.